The Kier molecular flexibility index (Phi) is 3.83. The molecule has 5 heteroatoms. The molecule has 0 unspecified atom stereocenters. The van der Waals surface area contributed by atoms with Crippen molar-refractivity contribution in [1.82, 2.24) is 9.97 Å². The smallest absolute Gasteiger partial charge is 0.156 e. The number of aromatic nitrogens is 2. The number of carbonyl (C=O) groups is 1. The third-order valence-corrected chi connectivity index (χ3v) is 3.15. The zero-order valence-electron chi connectivity index (χ0n) is 10.2. The first-order valence-electron chi connectivity index (χ1n) is 5.83. The Bertz CT molecular complexity index is 506. The van der Waals surface area contributed by atoms with Gasteiger partial charge in [-0.25, -0.2) is 9.97 Å². The van der Waals surface area contributed by atoms with Gasteiger partial charge in [-0.3, -0.25) is 4.79 Å². The van der Waals surface area contributed by atoms with Gasteiger partial charge in [-0.15, -0.1) is 6.42 Å². The van der Waals surface area contributed by atoms with Crippen LogP contribution in [0.25, 0.3) is 0 Å². The Hall–Kier alpha value is -1.60. The molecular formula is C13H14ClN3O. The molecule has 0 N–H and O–H groups in total. The van der Waals surface area contributed by atoms with Crippen LogP contribution >= 0.6 is 11.6 Å². The summed E-state index contributed by atoms with van der Waals surface area (Å²) in [6.07, 6.45) is 8.47. The van der Waals surface area contributed by atoms with E-state index in [4.69, 9.17) is 18.0 Å². The van der Waals surface area contributed by atoms with E-state index in [2.05, 4.69) is 15.9 Å². The minimum Gasteiger partial charge on any atom is -0.344 e. The van der Waals surface area contributed by atoms with Gasteiger partial charge in [0.05, 0.1) is 12.1 Å². The Morgan fingerprint density at radius 3 is 2.83 bits per heavy atom. The molecule has 0 spiro atoms. The van der Waals surface area contributed by atoms with E-state index in [1.807, 2.05) is 4.90 Å². The van der Waals surface area contributed by atoms with Crippen molar-refractivity contribution in [2.24, 2.45) is 5.92 Å². The van der Waals surface area contributed by atoms with Gasteiger partial charge in [-0.05, 0) is 25.7 Å². The number of aldehydes is 1. The summed E-state index contributed by atoms with van der Waals surface area (Å²) in [5.74, 6) is 4.33. The molecule has 1 fully saturated rings. The van der Waals surface area contributed by atoms with E-state index >= 15 is 0 Å². The number of hydrogen-bond acceptors (Lipinski definition) is 4. The molecule has 1 aliphatic rings. The second-order valence-electron chi connectivity index (χ2n) is 4.44. The zero-order valence-corrected chi connectivity index (χ0v) is 10.9. The van der Waals surface area contributed by atoms with Crippen molar-refractivity contribution in [2.45, 2.75) is 19.8 Å². The summed E-state index contributed by atoms with van der Waals surface area (Å²) >= 11 is 5.97. The second-order valence-corrected chi connectivity index (χ2v) is 4.80. The average molecular weight is 264 g/mol. The Balaban J connectivity index is 2.38. The van der Waals surface area contributed by atoms with Crippen LogP contribution in [-0.2, 0) is 0 Å². The standard InChI is InChI=1S/C13H14ClN3O/c1-3-6-17(7-10-4-5-10)13-11(8-18)12(14)15-9(2)16-13/h1,8,10H,4-7H2,2H3. The van der Waals surface area contributed by atoms with Crippen molar-refractivity contribution in [2.75, 3.05) is 18.0 Å². The molecule has 18 heavy (non-hydrogen) atoms. The number of rotatable bonds is 5. The van der Waals surface area contributed by atoms with Crippen LogP contribution in [0.15, 0.2) is 0 Å². The highest BCUT2D eigenvalue weighted by molar-refractivity contribution is 6.32. The molecule has 0 bridgehead atoms. The maximum absolute atomic E-state index is 11.1. The Morgan fingerprint density at radius 1 is 1.56 bits per heavy atom. The van der Waals surface area contributed by atoms with Gasteiger partial charge in [0, 0.05) is 6.54 Å². The number of carbonyl (C=O) groups excluding carboxylic acids is 1. The quantitative estimate of drug-likeness (QED) is 0.464. The zero-order chi connectivity index (χ0) is 13.1. The number of hydrogen-bond donors (Lipinski definition) is 0. The van der Waals surface area contributed by atoms with Crippen molar-refractivity contribution in [3.05, 3.63) is 16.5 Å². The lowest BCUT2D eigenvalue weighted by Gasteiger charge is -2.23. The first-order chi connectivity index (χ1) is 8.65. The molecule has 2 rings (SSSR count). The summed E-state index contributed by atoms with van der Waals surface area (Å²) in [5.41, 5.74) is 0.318. The van der Waals surface area contributed by atoms with Gasteiger partial charge >= 0.3 is 0 Å². The van der Waals surface area contributed by atoms with Gasteiger partial charge in [-0.2, -0.15) is 0 Å². The summed E-state index contributed by atoms with van der Waals surface area (Å²) in [4.78, 5) is 21.4. The first-order valence-corrected chi connectivity index (χ1v) is 6.21. The van der Waals surface area contributed by atoms with Crippen molar-refractivity contribution in [3.63, 3.8) is 0 Å². The van der Waals surface area contributed by atoms with Gasteiger partial charge in [0.1, 0.15) is 16.8 Å². The molecule has 0 aliphatic heterocycles. The molecule has 0 aromatic carbocycles. The van der Waals surface area contributed by atoms with E-state index in [0.29, 0.717) is 36.0 Å². The van der Waals surface area contributed by atoms with Gasteiger partial charge in [0.25, 0.3) is 0 Å². The third-order valence-electron chi connectivity index (χ3n) is 2.87. The lowest BCUT2D eigenvalue weighted by molar-refractivity contribution is 0.112. The van der Waals surface area contributed by atoms with Crippen LogP contribution in [0, 0.1) is 25.2 Å². The highest BCUT2D eigenvalue weighted by Crippen LogP contribution is 2.32. The lowest BCUT2D eigenvalue weighted by atomic mass is 10.2. The van der Waals surface area contributed by atoms with Crippen LogP contribution in [0.4, 0.5) is 5.82 Å². The molecule has 0 atom stereocenters. The second kappa shape index (κ2) is 5.36. The fraction of sp³-hybridized carbons (Fsp3) is 0.462. The molecule has 0 saturated heterocycles. The van der Waals surface area contributed by atoms with Gasteiger partial charge < -0.3 is 4.90 Å². The van der Waals surface area contributed by atoms with Crippen molar-refractivity contribution in [1.29, 1.82) is 0 Å². The summed E-state index contributed by atoms with van der Waals surface area (Å²) in [6, 6.07) is 0. The predicted molar refractivity (Wildman–Crippen MR) is 70.9 cm³/mol. The van der Waals surface area contributed by atoms with E-state index in [0.717, 1.165) is 6.54 Å². The van der Waals surface area contributed by atoms with Crippen LogP contribution in [0.3, 0.4) is 0 Å². The van der Waals surface area contributed by atoms with Crippen LogP contribution in [0.1, 0.15) is 29.0 Å². The lowest BCUT2D eigenvalue weighted by Crippen LogP contribution is -2.28. The Labute approximate surface area is 111 Å². The summed E-state index contributed by atoms with van der Waals surface area (Å²) in [7, 11) is 0. The van der Waals surface area contributed by atoms with E-state index in [1.54, 1.807) is 6.92 Å². The number of anilines is 1. The molecule has 1 aromatic rings. The Morgan fingerprint density at radius 2 is 2.28 bits per heavy atom. The van der Waals surface area contributed by atoms with Crippen molar-refractivity contribution < 1.29 is 4.79 Å². The third kappa shape index (κ3) is 2.80. The SMILES string of the molecule is C#CCN(CC1CC1)c1nc(C)nc(Cl)c1C=O. The van der Waals surface area contributed by atoms with Crippen LogP contribution in [-0.4, -0.2) is 29.3 Å². The molecule has 0 radical (unpaired) electrons. The van der Waals surface area contributed by atoms with Crippen LogP contribution in [0.5, 0.6) is 0 Å². The minimum atomic E-state index is 0.185. The van der Waals surface area contributed by atoms with E-state index in [-0.39, 0.29) is 5.15 Å². The van der Waals surface area contributed by atoms with E-state index in [9.17, 15) is 4.79 Å². The monoisotopic (exact) mass is 263 g/mol. The van der Waals surface area contributed by atoms with Crippen LogP contribution < -0.4 is 4.90 Å². The molecule has 1 aromatic heterocycles. The van der Waals surface area contributed by atoms with Crippen LogP contribution in [0.2, 0.25) is 5.15 Å². The maximum atomic E-state index is 11.1. The average Bonchev–Trinajstić information content (AvgIpc) is 3.11. The maximum Gasteiger partial charge on any atom is 0.156 e. The molecule has 1 heterocycles. The molecule has 1 saturated carbocycles. The van der Waals surface area contributed by atoms with Crippen molar-refractivity contribution >= 4 is 23.7 Å². The summed E-state index contributed by atoms with van der Waals surface area (Å²) in [5, 5.41) is 0.185. The minimum absolute atomic E-state index is 0.185. The number of nitrogens with zero attached hydrogens (tertiary/aromatic N) is 3. The number of halogens is 1. The predicted octanol–water partition coefficient (Wildman–Crippen LogP) is 2.10. The fourth-order valence-corrected chi connectivity index (χ4v) is 2.07. The van der Waals surface area contributed by atoms with Gasteiger partial charge in [0.2, 0.25) is 0 Å². The fourth-order valence-electron chi connectivity index (χ4n) is 1.82. The normalized spacial score (nSPS) is 14.1. The van der Waals surface area contributed by atoms with Gasteiger partial charge in [-0.1, -0.05) is 17.5 Å². The highest BCUT2D eigenvalue weighted by atomic mass is 35.5. The first kappa shape index (κ1) is 12.8. The molecule has 0 amide bonds. The largest absolute Gasteiger partial charge is 0.344 e. The number of aryl methyl sites for hydroxylation is 1. The topological polar surface area (TPSA) is 46.1 Å². The molecule has 94 valence electrons. The van der Waals surface area contributed by atoms with E-state index in [1.165, 1.54) is 12.8 Å². The highest BCUT2D eigenvalue weighted by Gasteiger charge is 2.26. The van der Waals surface area contributed by atoms with Crippen molar-refractivity contribution in [3.8, 4) is 12.3 Å². The molecular weight excluding hydrogens is 250 g/mol. The van der Waals surface area contributed by atoms with Gasteiger partial charge in [0.15, 0.2) is 6.29 Å². The summed E-state index contributed by atoms with van der Waals surface area (Å²) in [6.45, 7) is 2.98. The molecule has 1 aliphatic carbocycles. The number of terminal acetylenes is 1. The molecule has 4 nitrogen and oxygen atoms in total. The van der Waals surface area contributed by atoms with E-state index < -0.39 is 0 Å². The summed E-state index contributed by atoms with van der Waals surface area (Å²) < 4.78 is 0.